The van der Waals surface area contributed by atoms with Gasteiger partial charge in [-0.3, -0.25) is 14.4 Å². The van der Waals surface area contributed by atoms with Gasteiger partial charge in [0.1, 0.15) is 24.9 Å². The summed E-state index contributed by atoms with van der Waals surface area (Å²) in [6.45, 7) is 8.93. The summed E-state index contributed by atoms with van der Waals surface area (Å²) in [5.41, 5.74) is 6.61. The predicted molar refractivity (Wildman–Crippen MR) is 136 cm³/mol. The molecule has 3 atom stereocenters. The Morgan fingerprint density at radius 2 is 1.43 bits per heavy atom. The molecule has 0 saturated carbocycles. The fraction of sp³-hybridized carbons (Fsp3) is 0.630. The third kappa shape index (κ3) is 13.1. The molecule has 208 valence electrons. The number of ether oxygens (including phenoxy) is 5. The highest BCUT2D eigenvalue weighted by molar-refractivity contribution is 5.77. The Balaban J connectivity index is 2.80. The molecule has 0 heterocycles. The van der Waals surface area contributed by atoms with Gasteiger partial charge in [-0.1, -0.05) is 39.7 Å². The zero-order valence-corrected chi connectivity index (χ0v) is 22.6. The van der Waals surface area contributed by atoms with Gasteiger partial charge in [0.25, 0.3) is 0 Å². The van der Waals surface area contributed by atoms with Crippen LogP contribution in [-0.4, -0.2) is 48.9 Å². The van der Waals surface area contributed by atoms with Gasteiger partial charge in [0.2, 0.25) is 0 Å². The van der Waals surface area contributed by atoms with E-state index in [0.29, 0.717) is 24.8 Å². The molecule has 0 radical (unpaired) electrons. The van der Waals surface area contributed by atoms with Crippen molar-refractivity contribution in [1.29, 1.82) is 0 Å². The smallest absolute Gasteiger partial charge is 0.458 e. The molecule has 0 amide bonds. The van der Waals surface area contributed by atoms with Crippen molar-refractivity contribution in [1.82, 2.24) is 0 Å². The second kappa shape index (κ2) is 17.3. The molecule has 1 aromatic carbocycles. The average molecular weight is 524 g/mol. The molecule has 0 aliphatic rings. The number of rotatable bonds is 16. The Morgan fingerprint density at radius 3 is 2.00 bits per heavy atom. The molecule has 1 unspecified atom stereocenters. The highest BCUT2D eigenvalue weighted by Crippen LogP contribution is 2.30. The topological polar surface area (TPSA) is 140 Å². The molecule has 10 nitrogen and oxygen atoms in total. The first-order valence-electron chi connectivity index (χ1n) is 12.9. The monoisotopic (exact) mass is 523 g/mol. The van der Waals surface area contributed by atoms with Crippen molar-refractivity contribution >= 4 is 24.1 Å². The Kier molecular flexibility index (Phi) is 14.9. The van der Waals surface area contributed by atoms with Gasteiger partial charge in [-0.15, -0.1) is 0 Å². The van der Waals surface area contributed by atoms with Crippen LogP contribution in [-0.2, 0) is 35.0 Å². The van der Waals surface area contributed by atoms with Gasteiger partial charge in [-0.2, -0.15) is 0 Å². The van der Waals surface area contributed by atoms with Crippen LogP contribution in [0.4, 0.5) is 4.79 Å². The Bertz CT molecular complexity index is 887. The predicted octanol–water partition coefficient (Wildman–Crippen LogP) is 4.63. The van der Waals surface area contributed by atoms with Gasteiger partial charge >= 0.3 is 24.1 Å². The van der Waals surface area contributed by atoms with E-state index in [1.165, 1.54) is 12.1 Å². The van der Waals surface area contributed by atoms with Crippen LogP contribution in [0.5, 0.6) is 11.5 Å². The van der Waals surface area contributed by atoms with E-state index in [1.54, 1.807) is 19.9 Å². The molecule has 0 fully saturated rings. The van der Waals surface area contributed by atoms with Crippen molar-refractivity contribution in [3.8, 4) is 11.5 Å². The molecule has 2 N–H and O–H groups in total. The molecular formula is C27H41NO9. The van der Waals surface area contributed by atoms with E-state index in [0.717, 1.165) is 12.8 Å². The zero-order valence-electron chi connectivity index (χ0n) is 22.6. The molecule has 10 heteroatoms. The van der Waals surface area contributed by atoms with Crippen LogP contribution >= 0.6 is 0 Å². The van der Waals surface area contributed by atoms with E-state index in [1.807, 2.05) is 20.8 Å². The summed E-state index contributed by atoms with van der Waals surface area (Å²) in [7, 11) is 0. The SMILES string of the molecule is CCCCC(=O)Oc1ccc(C[C@H](N)C(=O)O[C@@H](C)COC(=O)OC(C)CC)cc1OC(=O)CCCC. The van der Waals surface area contributed by atoms with Gasteiger partial charge in [0.15, 0.2) is 11.5 Å². The van der Waals surface area contributed by atoms with Crippen LogP contribution in [0, 0.1) is 0 Å². The molecule has 1 rings (SSSR count). The highest BCUT2D eigenvalue weighted by Gasteiger charge is 2.22. The minimum absolute atomic E-state index is 0.0754. The molecule has 0 aliphatic carbocycles. The molecule has 0 saturated heterocycles. The van der Waals surface area contributed by atoms with Crippen LogP contribution in [0.15, 0.2) is 18.2 Å². The maximum atomic E-state index is 12.4. The van der Waals surface area contributed by atoms with Gasteiger partial charge in [-0.05, 0) is 57.2 Å². The molecular weight excluding hydrogens is 482 g/mol. The lowest BCUT2D eigenvalue weighted by Crippen LogP contribution is -2.37. The van der Waals surface area contributed by atoms with Gasteiger partial charge in [0, 0.05) is 12.8 Å². The van der Waals surface area contributed by atoms with E-state index in [4.69, 9.17) is 29.4 Å². The van der Waals surface area contributed by atoms with Crippen LogP contribution in [0.2, 0.25) is 0 Å². The number of hydrogen-bond donors (Lipinski definition) is 1. The second-order valence-electron chi connectivity index (χ2n) is 8.89. The van der Waals surface area contributed by atoms with E-state index in [9.17, 15) is 19.2 Å². The van der Waals surface area contributed by atoms with E-state index < -0.39 is 36.2 Å². The summed E-state index contributed by atoms with van der Waals surface area (Å²) in [5.74, 6) is -1.35. The number of unbranched alkanes of at least 4 members (excludes halogenated alkanes) is 2. The third-order valence-corrected chi connectivity index (χ3v) is 5.31. The summed E-state index contributed by atoms with van der Waals surface area (Å²) in [6.07, 6.45) is 2.36. The van der Waals surface area contributed by atoms with Gasteiger partial charge in [-0.25, -0.2) is 4.79 Å². The minimum atomic E-state index is -1.03. The summed E-state index contributed by atoms with van der Waals surface area (Å²) in [5, 5.41) is 0. The van der Waals surface area contributed by atoms with E-state index in [-0.39, 0.29) is 43.5 Å². The summed E-state index contributed by atoms with van der Waals surface area (Å²) >= 11 is 0. The van der Waals surface area contributed by atoms with Crippen molar-refractivity contribution < 1.29 is 42.9 Å². The largest absolute Gasteiger partial charge is 0.508 e. The maximum absolute atomic E-state index is 12.4. The first-order chi connectivity index (χ1) is 17.6. The van der Waals surface area contributed by atoms with Crippen molar-refractivity contribution in [2.45, 2.75) is 104 Å². The molecule has 37 heavy (non-hydrogen) atoms. The molecule has 0 aromatic heterocycles. The fourth-order valence-corrected chi connectivity index (χ4v) is 2.96. The lowest BCUT2D eigenvalue weighted by molar-refractivity contribution is -0.152. The van der Waals surface area contributed by atoms with E-state index in [2.05, 4.69) is 0 Å². The number of nitrogens with two attached hydrogens (primary N) is 1. The lowest BCUT2D eigenvalue weighted by Gasteiger charge is -2.18. The summed E-state index contributed by atoms with van der Waals surface area (Å²) in [4.78, 5) is 48.4. The number of hydrogen-bond acceptors (Lipinski definition) is 10. The van der Waals surface area contributed by atoms with Crippen LogP contribution < -0.4 is 15.2 Å². The van der Waals surface area contributed by atoms with Crippen molar-refractivity contribution in [3.63, 3.8) is 0 Å². The standard InChI is InChI=1S/C27H41NO9/c1-6-9-11-24(29)36-22-14-13-20(16-23(22)37-25(30)12-10-7-2)15-21(28)26(31)34-19(5)17-33-27(32)35-18(4)8-3/h13-14,16,18-19,21H,6-12,15,17,28H2,1-5H3/t18?,19-,21-/m0/s1. The van der Waals surface area contributed by atoms with Crippen molar-refractivity contribution in [3.05, 3.63) is 23.8 Å². The first-order valence-corrected chi connectivity index (χ1v) is 12.9. The quantitative estimate of drug-likeness (QED) is 0.241. The fourth-order valence-electron chi connectivity index (χ4n) is 2.96. The second-order valence-corrected chi connectivity index (χ2v) is 8.89. The molecule has 1 aromatic rings. The number of benzene rings is 1. The van der Waals surface area contributed by atoms with Gasteiger partial charge < -0.3 is 29.4 Å². The van der Waals surface area contributed by atoms with E-state index >= 15 is 0 Å². The maximum Gasteiger partial charge on any atom is 0.508 e. The Morgan fingerprint density at radius 1 is 0.838 bits per heavy atom. The third-order valence-electron chi connectivity index (χ3n) is 5.31. The number of carbonyl (C=O) groups excluding carboxylic acids is 4. The van der Waals surface area contributed by atoms with Gasteiger partial charge in [0.05, 0.1) is 0 Å². The summed E-state index contributed by atoms with van der Waals surface area (Å²) in [6, 6.07) is 3.64. The Labute approximate surface area is 219 Å². The Hall–Kier alpha value is -3.14. The molecule has 0 bridgehead atoms. The lowest BCUT2D eigenvalue weighted by atomic mass is 10.1. The number of carbonyl (C=O) groups is 4. The molecule has 0 aliphatic heterocycles. The minimum Gasteiger partial charge on any atom is -0.458 e. The normalized spacial score (nSPS) is 13.1. The van der Waals surface area contributed by atoms with Crippen molar-refractivity contribution in [2.24, 2.45) is 5.73 Å². The van der Waals surface area contributed by atoms with Crippen molar-refractivity contribution in [2.75, 3.05) is 6.61 Å². The van der Waals surface area contributed by atoms with Crippen LogP contribution in [0.1, 0.15) is 85.1 Å². The average Bonchev–Trinajstić information content (AvgIpc) is 2.86. The zero-order chi connectivity index (χ0) is 27.8. The summed E-state index contributed by atoms with van der Waals surface area (Å²) < 4.78 is 26.1. The number of esters is 3. The molecule has 0 spiro atoms. The first kappa shape index (κ1) is 31.9. The van der Waals surface area contributed by atoms with Crippen LogP contribution in [0.25, 0.3) is 0 Å². The van der Waals surface area contributed by atoms with Crippen LogP contribution in [0.3, 0.4) is 0 Å². The highest BCUT2D eigenvalue weighted by atomic mass is 16.7.